The minimum Gasteiger partial charge on any atom is -0.192 e. The second-order valence-corrected chi connectivity index (χ2v) is 14.1. The van der Waals surface area contributed by atoms with Gasteiger partial charge in [0.2, 0.25) is 0 Å². The first-order valence-corrected chi connectivity index (χ1v) is 17.9. The molecular weight excluding hydrogens is 627 g/mol. The van der Waals surface area contributed by atoms with Gasteiger partial charge in [-0.15, -0.1) is 0 Å². The van der Waals surface area contributed by atoms with Crippen LogP contribution in [0.5, 0.6) is 0 Å². The van der Waals surface area contributed by atoms with Crippen LogP contribution in [0.15, 0.2) is 164 Å². The molecule has 1 heteroatoms. The number of nitriles is 1. The van der Waals surface area contributed by atoms with Gasteiger partial charge in [-0.1, -0.05) is 151 Å². The molecule has 0 heterocycles. The molecule has 0 fully saturated rings. The predicted molar refractivity (Wildman–Crippen MR) is 219 cm³/mol. The van der Waals surface area contributed by atoms with Crippen LogP contribution in [-0.2, 0) is 0 Å². The van der Waals surface area contributed by atoms with Crippen molar-refractivity contribution in [1.29, 1.82) is 5.26 Å². The Hall–Kier alpha value is -6.75. The zero-order valence-electron chi connectivity index (χ0n) is 29.0. The molecular formula is C51H33N. The lowest BCUT2D eigenvalue weighted by molar-refractivity contribution is 1.47. The molecule has 0 unspecified atom stereocenters. The predicted octanol–water partition coefficient (Wildman–Crippen LogP) is 14.0. The van der Waals surface area contributed by atoms with Gasteiger partial charge in [-0.05, 0) is 137 Å². The number of fused-ring (bicyclic) bond motifs is 5. The first-order valence-electron chi connectivity index (χ1n) is 17.9. The topological polar surface area (TPSA) is 23.8 Å². The average molecular weight is 660 g/mol. The summed E-state index contributed by atoms with van der Waals surface area (Å²) < 4.78 is 0. The highest BCUT2D eigenvalue weighted by Gasteiger charge is 2.31. The molecule has 0 N–H and O–H groups in total. The third-order valence-corrected chi connectivity index (χ3v) is 11.0. The van der Waals surface area contributed by atoms with Gasteiger partial charge in [0, 0.05) is 0 Å². The van der Waals surface area contributed by atoms with E-state index >= 15 is 0 Å². The minimum atomic E-state index is 0.675. The zero-order valence-corrected chi connectivity index (χ0v) is 29.0. The van der Waals surface area contributed by atoms with Gasteiger partial charge < -0.3 is 0 Å². The monoisotopic (exact) mass is 659 g/mol. The van der Waals surface area contributed by atoms with E-state index < -0.39 is 0 Å². The van der Waals surface area contributed by atoms with Gasteiger partial charge in [-0.3, -0.25) is 0 Å². The Kier molecular flexibility index (Phi) is 6.75. The highest BCUT2D eigenvalue weighted by Crippen LogP contribution is 2.58. The Morgan fingerprint density at radius 1 is 0.365 bits per heavy atom. The highest BCUT2D eigenvalue weighted by molar-refractivity contribution is 6.28. The number of hydrogen-bond acceptors (Lipinski definition) is 1. The van der Waals surface area contributed by atoms with Crippen molar-refractivity contribution in [2.24, 2.45) is 0 Å². The van der Waals surface area contributed by atoms with Crippen LogP contribution >= 0.6 is 0 Å². The zero-order chi connectivity index (χ0) is 34.9. The molecule has 0 bridgehead atoms. The van der Waals surface area contributed by atoms with E-state index in [9.17, 15) is 5.26 Å². The summed E-state index contributed by atoms with van der Waals surface area (Å²) in [5.41, 5.74) is 18.2. The summed E-state index contributed by atoms with van der Waals surface area (Å²) in [6, 6.07) is 62.2. The van der Waals surface area contributed by atoms with Gasteiger partial charge in [0.05, 0.1) is 11.6 Å². The molecule has 10 rings (SSSR count). The molecule has 0 spiro atoms. The smallest absolute Gasteiger partial charge is 0.0991 e. The number of rotatable bonds is 4. The van der Waals surface area contributed by atoms with Gasteiger partial charge in [0.25, 0.3) is 0 Å². The Morgan fingerprint density at radius 2 is 0.846 bits per heavy atom. The van der Waals surface area contributed by atoms with Gasteiger partial charge in [-0.25, -0.2) is 0 Å². The van der Waals surface area contributed by atoms with Gasteiger partial charge in [0.1, 0.15) is 0 Å². The van der Waals surface area contributed by atoms with Crippen molar-refractivity contribution in [2.45, 2.75) is 13.8 Å². The number of aryl methyl sites for hydroxylation is 2. The Balaban J connectivity index is 1.21. The molecule has 0 atom stereocenters. The summed E-state index contributed by atoms with van der Waals surface area (Å²) in [6.07, 6.45) is 0. The molecule has 1 aliphatic rings. The molecule has 9 aromatic rings. The van der Waals surface area contributed by atoms with Crippen molar-refractivity contribution in [3.05, 3.63) is 180 Å². The molecule has 0 amide bonds. The van der Waals surface area contributed by atoms with Crippen LogP contribution < -0.4 is 0 Å². The third-order valence-electron chi connectivity index (χ3n) is 11.0. The van der Waals surface area contributed by atoms with E-state index in [2.05, 4.69) is 159 Å². The summed E-state index contributed by atoms with van der Waals surface area (Å²) in [5.74, 6) is 0. The lowest BCUT2D eigenvalue weighted by Crippen LogP contribution is -1.93. The number of benzene rings is 9. The van der Waals surface area contributed by atoms with Gasteiger partial charge >= 0.3 is 0 Å². The van der Waals surface area contributed by atoms with Crippen LogP contribution in [0.1, 0.15) is 16.7 Å². The summed E-state index contributed by atoms with van der Waals surface area (Å²) in [5, 5.41) is 16.8. The Labute approximate surface area is 303 Å². The molecule has 0 saturated carbocycles. The highest BCUT2D eigenvalue weighted by atomic mass is 14.3. The van der Waals surface area contributed by atoms with Crippen molar-refractivity contribution in [3.63, 3.8) is 0 Å². The summed E-state index contributed by atoms with van der Waals surface area (Å²) >= 11 is 0. The van der Waals surface area contributed by atoms with Crippen LogP contribution in [0.2, 0.25) is 0 Å². The standard InChI is InChI=1S/C51H33N/c1-31-10-16-35(17-11-31)47-43-6-3-4-7-44(43)48(36-18-12-32(2)13-19-36)51-46-27-26-41(42-8-5-9-45(49(42)46)50(47)51)40-25-24-38-28-37(22-23-39(38)29-40)34-20-14-33(30-52)15-21-34/h3-29H,1-2H3. The maximum Gasteiger partial charge on any atom is 0.0991 e. The molecule has 0 radical (unpaired) electrons. The second kappa shape index (κ2) is 11.7. The van der Waals surface area contributed by atoms with Crippen LogP contribution in [0.4, 0.5) is 0 Å². The second-order valence-electron chi connectivity index (χ2n) is 14.1. The van der Waals surface area contributed by atoms with Crippen LogP contribution in [0.3, 0.4) is 0 Å². The molecule has 1 aliphatic carbocycles. The largest absolute Gasteiger partial charge is 0.192 e. The maximum atomic E-state index is 9.23. The quantitative estimate of drug-likeness (QED) is 0.184. The van der Waals surface area contributed by atoms with Crippen molar-refractivity contribution in [3.8, 4) is 72.8 Å². The van der Waals surface area contributed by atoms with Crippen LogP contribution in [-0.4, -0.2) is 0 Å². The molecule has 0 saturated heterocycles. The van der Waals surface area contributed by atoms with Gasteiger partial charge in [0.15, 0.2) is 0 Å². The normalized spacial score (nSPS) is 11.6. The van der Waals surface area contributed by atoms with Crippen LogP contribution in [0, 0.1) is 25.2 Å². The maximum absolute atomic E-state index is 9.23. The molecule has 9 aromatic carbocycles. The SMILES string of the molecule is Cc1ccc(-c2c3c(c(-c4ccc(C)cc4)c4ccccc24)-c2ccc(-c4ccc5cc(-c6ccc(C#N)cc6)ccc5c4)c4cccc-3c24)cc1. The Bertz CT molecular complexity index is 2840. The van der Waals surface area contributed by atoms with Gasteiger partial charge in [-0.2, -0.15) is 5.26 Å². The molecule has 1 nitrogen and oxygen atoms in total. The van der Waals surface area contributed by atoms with E-state index in [0.29, 0.717) is 5.56 Å². The number of hydrogen-bond donors (Lipinski definition) is 0. The van der Waals surface area contributed by atoms with Crippen LogP contribution in [0.25, 0.3) is 99.1 Å². The number of nitrogens with zero attached hydrogens (tertiary/aromatic N) is 1. The molecule has 0 aromatic heterocycles. The fraction of sp³-hybridized carbons (Fsp3) is 0.0392. The molecule has 52 heavy (non-hydrogen) atoms. The minimum absolute atomic E-state index is 0.675. The molecule has 242 valence electrons. The van der Waals surface area contributed by atoms with E-state index in [1.165, 1.54) is 99.1 Å². The fourth-order valence-electron chi connectivity index (χ4n) is 8.42. The van der Waals surface area contributed by atoms with E-state index in [1.54, 1.807) is 0 Å². The summed E-state index contributed by atoms with van der Waals surface area (Å²) in [6.45, 7) is 4.32. The van der Waals surface area contributed by atoms with Crippen molar-refractivity contribution < 1.29 is 0 Å². The average Bonchev–Trinajstić information content (AvgIpc) is 3.52. The van der Waals surface area contributed by atoms with E-state index in [4.69, 9.17) is 0 Å². The first-order chi connectivity index (χ1) is 25.6. The van der Waals surface area contributed by atoms with Crippen molar-refractivity contribution in [2.75, 3.05) is 0 Å². The Morgan fingerprint density at radius 3 is 1.44 bits per heavy atom. The lowest BCUT2D eigenvalue weighted by Gasteiger charge is -2.20. The van der Waals surface area contributed by atoms with E-state index in [-0.39, 0.29) is 0 Å². The van der Waals surface area contributed by atoms with Crippen molar-refractivity contribution >= 4 is 32.3 Å². The van der Waals surface area contributed by atoms with Crippen molar-refractivity contribution in [1.82, 2.24) is 0 Å². The fourth-order valence-corrected chi connectivity index (χ4v) is 8.42. The summed E-state index contributed by atoms with van der Waals surface area (Å²) in [4.78, 5) is 0. The first kappa shape index (κ1) is 30.1. The lowest BCUT2D eigenvalue weighted by atomic mass is 9.82. The van der Waals surface area contributed by atoms with E-state index in [0.717, 1.165) is 11.1 Å². The third kappa shape index (κ3) is 4.62. The summed E-state index contributed by atoms with van der Waals surface area (Å²) in [7, 11) is 0. The molecule has 0 aliphatic heterocycles. The van der Waals surface area contributed by atoms with E-state index in [1.807, 2.05) is 24.3 Å².